The average molecular weight is 324 g/mol. The highest BCUT2D eigenvalue weighted by atomic mass is 16.5. The number of rotatable bonds is 7. The van der Waals surface area contributed by atoms with Gasteiger partial charge in [-0.2, -0.15) is 0 Å². The van der Waals surface area contributed by atoms with E-state index in [1.165, 1.54) is 0 Å². The summed E-state index contributed by atoms with van der Waals surface area (Å²) in [6, 6.07) is 14.9. The van der Waals surface area contributed by atoms with E-state index in [1.807, 2.05) is 43.3 Å². The van der Waals surface area contributed by atoms with Gasteiger partial charge in [-0.3, -0.25) is 4.79 Å². The second kappa shape index (κ2) is 7.75. The minimum Gasteiger partial charge on any atom is -0.436 e. The number of para-hydroxylation sites is 2. The molecule has 0 saturated carbocycles. The van der Waals surface area contributed by atoms with Crippen LogP contribution in [0.1, 0.15) is 23.7 Å². The third-order valence-electron chi connectivity index (χ3n) is 3.64. The number of carbonyl (C=O) groups is 1. The number of nitrogens with zero attached hydrogens (tertiary/aromatic N) is 1. The van der Waals surface area contributed by atoms with Gasteiger partial charge in [-0.25, -0.2) is 4.98 Å². The van der Waals surface area contributed by atoms with Crippen LogP contribution in [0.25, 0.3) is 22.6 Å². The molecular weight excluding hydrogens is 304 g/mol. The van der Waals surface area contributed by atoms with Crippen LogP contribution >= 0.6 is 0 Å². The molecule has 0 radical (unpaired) electrons. The van der Waals surface area contributed by atoms with Gasteiger partial charge in [-0.1, -0.05) is 12.1 Å². The van der Waals surface area contributed by atoms with Crippen molar-refractivity contribution in [3.63, 3.8) is 0 Å². The van der Waals surface area contributed by atoms with Gasteiger partial charge in [0, 0.05) is 30.9 Å². The molecule has 24 heavy (non-hydrogen) atoms. The zero-order valence-electron chi connectivity index (χ0n) is 13.6. The fraction of sp³-hybridized carbons (Fsp3) is 0.263. The lowest BCUT2D eigenvalue weighted by Gasteiger charge is -2.05. The minimum atomic E-state index is -0.0874. The molecule has 1 N–H and O–H groups in total. The molecule has 0 aliphatic heterocycles. The molecule has 5 heteroatoms. The van der Waals surface area contributed by atoms with E-state index in [1.54, 1.807) is 12.1 Å². The monoisotopic (exact) mass is 324 g/mol. The van der Waals surface area contributed by atoms with E-state index in [2.05, 4.69) is 10.3 Å². The number of nitrogens with one attached hydrogen (secondary N) is 1. The number of ether oxygens (including phenoxy) is 1. The Morgan fingerprint density at radius 1 is 1.17 bits per heavy atom. The number of hydrogen-bond acceptors (Lipinski definition) is 4. The highest BCUT2D eigenvalue weighted by Crippen LogP contribution is 2.24. The van der Waals surface area contributed by atoms with E-state index in [-0.39, 0.29) is 5.91 Å². The van der Waals surface area contributed by atoms with Crippen LogP contribution in [-0.2, 0) is 4.74 Å². The molecule has 124 valence electrons. The largest absolute Gasteiger partial charge is 0.436 e. The summed E-state index contributed by atoms with van der Waals surface area (Å²) in [7, 11) is 0. The number of amides is 1. The van der Waals surface area contributed by atoms with Gasteiger partial charge in [0.1, 0.15) is 5.52 Å². The Morgan fingerprint density at radius 2 is 1.96 bits per heavy atom. The number of oxazole rings is 1. The second-order valence-corrected chi connectivity index (χ2v) is 5.37. The van der Waals surface area contributed by atoms with Crippen LogP contribution in [0.3, 0.4) is 0 Å². The SMILES string of the molecule is CCOCCCNC(=O)c1ccc(-c2nc3ccccc3o2)cc1. The van der Waals surface area contributed by atoms with Crippen molar-refractivity contribution in [3.05, 3.63) is 54.1 Å². The van der Waals surface area contributed by atoms with Gasteiger partial charge in [-0.15, -0.1) is 0 Å². The van der Waals surface area contributed by atoms with Crippen LogP contribution in [0, 0.1) is 0 Å². The number of carbonyl (C=O) groups excluding carboxylic acids is 1. The van der Waals surface area contributed by atoms with Crippen LogP contribution in [0.15, 0.2) is 52.9 Å². The topological polar surface area (TPSA) is 64.4 Å². The maximum atomic E-state index is 12.1. The summed E-state index contributed by atoms with van der Waals surface area (Å²) in [6.07, 6.45) is 0.806. The standard InChI is InChI=1S/C19H20N2O3/c1-2-23-13-5-12-20-18(22)14-8-10-15(11-9-14)19-21-16-6-3-4-7-17(16)24-19/h3-4,6-11H,2,5,12-13H2,1H3,(H,20,22). The predicted molar refractivity (Wildman–Crippen MR) is 92.9 cm³/mol. The van der Waals surface area contributed by atoms with E-state index < -0.39 is 0 Å². The first kappa shape index (κ1) is 16.2. The number of benzene rings is 2. The molecule has 0 aliphatic rings. The molecule has 3 aromatic rings. The van der Waals surface area contributed by atoms with Crippen molar-refractivity contribution in [1.82, 2.24) is 10.3 Å². The summed E-state index contributed by atoms with van der Waals surface area (Å²) in [5.74, 6) is 0.468. The smallest absolute Gasteiger partial charge is 0.251 e. The summed E-state index contributed by atoms with van der Waals surface area (Å²) >= 11 is 0. The van der Waals surface area contributed by atoms with Crippen molar-refractivity contribution in [2.75, 3.05) is 19.8 Å². The average Bonchev–Trinajstić information content (AvgIpc) is 3.05. The summed E-state index contributed by atoms with van der Waals surface area (Å²) in [6.45, 7) is 3.92. The summed E-state index contributed by atoms with van der Waals surface area (Å²) < 4.78 is 11.0. The van der Waals surface area contributed by atoms with Crippen LogP contribution in [-0.4, -0.2) is 30.6 Å². The number of hydrogen-bond donors (Lipinski definition) is 1. The van der Waals surface area contributed by atoms with Crippen LogP contribution in [0.4, 0.5) is 0 Å². The molecule has 0 saturated heterocycles. The van der Waals surface area contributed by atoms with E-state index in [4.69, 9.17) is 9.15 Å². The third-order valence-corrected chi connectivity index (χ3v) is 3.64. The zero-order chi connectivity index (χ0) is 16.8. The highest BCUT2D eigenvalue weighted by molar-refractivity contribution is 5.94. The first-order valence-electron chi connectivity index (χ1n) is 8.10. The van der Waals surface area contributed by atoms with E-state index >= 15 is 0 Å². The molecule has 0 aliphatic carbocycles. The highest BCUT2D eigenvalue weighted by Gasteiger charge is 2.09. The Hall–Kier alpha value is -2.66. The van der Waals surface area contributed by atoms with Gasteiger partial charge in [0.2, 0.25) is 5.89 Å². The molecule has 2 aromatic carbocycles. The van der Waals surface area contributed by atoms with Gasteiger partial charge in [0.25, 0.3) is 5.91 Å². The lowest BCUT2D eigenvalue weighted by atomic mass is 10.1. The normalized spacial score (nSPS) is 10.9. The van der Waals surface area contributed by atoms with E-state index in [0.29, 0.717) is 31.2 Å². The van der Waals surface area contributed by atoms with E-state index in [0.717, 1.165) is 23.1 Å². The number of fused-ring (bicyclic) bond motifs is 1. The second-order valence-electron chi connectivity index (χ2n) is 5.37. The predicted octanol–water partition coefficient (Wildman–Crippen LogP) is 3.65. The zero-order valence-corrected chi connectivity index (χ0v) is 13.6. The fourth-order valence-corrected chi connectivity index (χ4v) is 2.38. The van der Waals surface area contributed by atoms with Crippen molar-refractivity contribution in [1.29, 1.82) is 0 Å². The molecule has 1 amide bonds. The van der Waals surface area contributed by atoms with Crippen LogP contribution in [0.2, 0.25) is 0 Å². The molecule has 0 bridgehead atoms. The van der Waals surface area contributed by atoms with Crippen molar-refractivity contribution in [2.45, 2.75) is 13.3 Å². The van der Waals surface area contributed by atoms with Crippen LogP contribution < -0.4 is 5.32 Å². The summed E-state index contributed by atoms with van der Waals surface area (Å²) in [5, 5.41) is 2.88. The van der Waals surface area contributed by atoms with Gasteiger partial charge in [0.05, 0.1) is 0 Å². The Labute approximate surface area is 140 Å². The van der Waals surface area contributed by atoms with Gasteiger partial charge in [-0.05, 0) is 49.7 Å². The molecule has 0 unspecified atom stereocenters. The third kappa shape index (κ3) is 3.81. The molecule has 1 heterocycles. The van der Waals surface area contributed by atoms with Gasteiger partial charge < -0.3 is 14.5 Å². The summed E-state index contributed by atoms with van der Waals surface area (Å²) in [4.78, 5) is 16.5. The van der Waals surface area contributed by atoms with Gasteiger partial charge >= 0.3 is 0 Å². The maximum absolute atomic E-state index is 12.1. The summed E-state index contributed by atoms with van der Waals surface area (Å²) in [5.41, 5.74) is 3.04. The molecule has 0 fully saturated rings. The fourth-order valence-electron chi connectivity index (χ4n) is 2.38. The quantitative estimate of drug-likeness (QED) is 0.674. The Balaban J connectivity index is 1.63. The Morgan fingerprint density at radius 3 is 2.71 bits per heavy atom. The maximum Gasteiger partial charge on any atom is 0.251 e. The first-order chi connectivity index (χ1) is 11.8. The molecule has 0 spiro atoms. The minimum absolute atomic E-state index is 0.0874. The van der Waals surface area contributed by atoms with Crippen molar-refractivity contribution in [2.24, 2.45) is 0 Å². The molecular formula is C19H20N2O3. The lowest BCUT2D eigenvalue weighted by Crippen LogP contribution is -2.25. The van der Waals surface area contributed by atoms with Crippen molar-refractivity contribution < 1.29 is 13.9 Å². The first-order valence-corrected chi connectivity index (χ1v) is 8.10. The number of aromatic nitrogens is 1. The van der Waals surface area contributed by atoms with Crippen molar-refractivity contribution >= 4 is 17.0 Å². The lowest BCUT2D eigenvalue weighted by molar-refractivity contribution is 0.0944. The molecule has 3 rings (SSSR count). The van der Waals surface area contributed by atoms with E-state index in [9.17, 15) is 4.79 Å². The molecule has 0 atom stereocenters. The van der Waals surface area contributed by atoms with Crippen LogP contribution in [0.5, 0.6) is 0 Å². The Bertz CT molecular complexity index is 776. The Kier molecular flexibility index (Phi) is 5.23. The molecule has 5 nitrogen and oxygen atoms in total. The van der Waals surface area contributed by atoms with Crippen molar-refractivity contribution in [3.8, 4) is 11.5 Å². The molecule has 1 aromatic heterocycles. The van der Waals surface area contributed by atoms with Gasteiger partial charge in [0.15, 0.2) is 5.58 Å².